The van der Waals surface area contributed by atoms with E-state index in [1.165, 1.54) is 32.2 Å². The van der Waals surface area contributed by atoms with Crippen molar-refractivity contribution in [2.24, 2.45) is 0 Å². The Morgan fingerprint density at radius 2 is 2.08 bits per heavy atom. The van der Waals surface area contributed by atoms with E-state index in [4.69, 9.17) is 0 Å². The highest BCUT2D eigenvalue weighted by atomic mass is 15.4. The molecule has 2 aliphatic rings. The largest absolute Gasteiger partial charge is 0.297 e. The Morgan fingerprint density at radius 1 is 1.31 bits per heavy atom. The zero-order chi connectivity index (χ0) is 9.47. The molecule has 2 rings (SSSR count). The smallest absolute Gasteiger partial charge is 0.0688 e. The number of nitrogens with one attached hydrogen (secondary N) is 1. The normalized spacial score (nSPS) is 47.3. The molecule has 0 aliphatic carbocycles. The number of hydrogen-bond acceptors (Lipinski definition) is 2. The van der Waals surface area contributed by atoms with Crippen LogP contribution < -0.4 is 5.32 Å². The van der Waals surface area contributed by atoms with Crippen LogP contribution in [0.3, 0.4) is 0 Å². The molecule has 2 heterocycles. The van der Waals surface area contributed by atoms with E-state index in [1.807, 2.05) is 0 Å². The lowest BCUT2D eigenvalue weighted by Crippen LogP contribution is -2.55. The molecule has 0 radical (unpaired) electrons. The van der Waals surface area contributed by atoms with Crippen LogP contribution in [0.4, 0.5) is 0 Å². The van der Waals surface area contributed by atoms with Gasteiger partial charge in [-0.15, -0.1) is 0 Å². The Hall–Kier alpha value is -0.0800. The lowest BCUT2D eigenvalue weighted by atomic mass is 10.1. The van der Waals surface area contributed by atoms with Gasteiger partial charge in [-0.2, -0.15) is 0 Å². The van der Waals surface area contributed by atoms with E-state index < -0.39 is 0 Å². The molecule has 0 aromatic rings. The molecule has 0 amide bonds. The monoisotopic (exact) mass is 182 g/mol. The molecule has 0 bridgehead atoms. The molecule has 76 valence electrons. The van der Waals surface area contributed by atoms with Crippen LogP contribution >= 0.6 is 0 Å². The summed E-state index contributed by atoms with van der Waals surface area (Å²) >= 11 is 0. The average Bonchev–Trinajstić information content (AvgIpc) is 2.59. The summed E-state index contributed by atoms with van der Waals surface area (Å²) in [7, 11) is 0. The standard InChI is InChI=1S/C11H22N2/c1-9-6-7-11(3,12-9)13-8-4-5-10(13)2/h9-10,12H,4-8H2,1-3H3. The molecule has 1 N–H and O–H groups in total. The van der Waals surface area contributed by atoms with Crippen molar-refractivity contribution in [3.8, 4) is 0 Å². The van der Waals surface area contributed by atoms with Crippen molar-refractivity contribution in [1.29, 1.82) is 0 Å². The van der Waals surface area contributed by atoms with Crippen molar-refractivity contribution in [3.05, 3.63) is 0 Å². The van der Waals surface area contributed by atoms with Crippen LogP contribution in [0, 0.1) is 0 Å². The van der Waals surface area contributed by atoms with Crippen LogP contribution in [0.25, 0.3) is 0 Å². The molecule has 2 aliphatic heterocycles. The Balaban J connectivity index is 2.06. The van der Waals surface area contributed by atoms with E-state index in [0.29, 0.717) is 11.7 Å². The van der Waals surface area contributed by atoms with E-state index in [1.54, 1.807) is 0 Å². The molecule has 3 unspecified atom stereocenters. The second-order valence-corrected chi connectivity index (χ2v) is 5.04. The van der Waals surface area contributed by atoms with Gasteiger partial charge in [0.05, 0.1) is 5.66 Å². The lowest BCUT2D eigenvalue weighted by Gasteiger charge is -2.39. The van der Waals surface area contributed by atoms with Gasteiger partial charge in [0.2, 0.25) is 0 Å². The van der Waals surface area contributed by atoms with Crippen LogP contribution in [0.15, 0.2) is 0 Å². The SMILES string of the molecule is CC1CCC(C)(N2CCCC2C)N1. The summed E-state index contributed by atoms with van der Waals surface area (Å²) in [4.78, 5) is 2.66. The highest BCUT2D eigenvalue weighted by Gasteiger charge is 2.41. The number of nitrogens with zero attached hydrogens (tertiary/aromatic N) is 1. The third kappa shape index (κ3) is 1.62. The van der Waals surface area contributed by atoms with Crippen LogP contribution in [-0.2, 0) is 0 Å². The summed E-state index contributed by atoms with van der Waals surface area (Å²) in [5.41, 5.74) is 0.301. The second kappa shape index (κ2) is 3.25. The van der Waals surface area contributed by atoms with Crippen molar-refractivity contribution in [1.82, 2.24) is 10.2 Å². The highest BCUT2D eigenvalue weighted by molar-refractivity contribution is 4.96. The third-order valence-corrected chi connectivity index (χ3v) is 3.81. The molecule has 2 fully saturated rings. The van der Waals surface area contributed by atoms with Crippen molar-refractivity contribution in [2.75, 3.05) is 6.54 Å². The second-order valence-electron chi connectivity index (χ2n) is 5.04. The number of likely N-dealkylation sites (tertiary alicyclic amines) is 1. The Bertz CT molecular complexity index is 193. The Labute approximate surface area is 81.7 Å². The van der Waals surface area contributed by atoms with Crippen LogP contribution in [-0.4, -0.2) is 29.2 Å². The molecule has 0 spiro atoms. The van der Waals surface area contributed by atoms with Crippen molar-refractivity contribution in [2.45, 2.75) is 64.2 Å². The van der Waals surface area contributed by atoms with Crippen molar-refractivity contribution in [3.63, 3.8) is 0 Å². The maximum absolute atomic E-state index is 3.73. The Kier molecular flexibility index (Phi) is 2.37. The minimum atomic E-state index is 0.301. The quantitative estimate of drug-likeness (QED) is 0.667. The lowest BCUT2D eigenvalue weighted by molar-refractivity contribution is 0.0787. The van der Waals surface area contributed by atoms with Gasteiger partial charge >= 0.3 is 0 Å². The van der Waals surface area contributed by atoms with Gasteiger partial charge in [0.15, 0.2) is 0 Å². The van der Waals surface area contributed by atoms with Crippen LogP contribution in [0.5, 0.6) is 0 Å². The molecular formula is C11H22N2. The van der Waals surface area contributed by atoms with Gasteiger partial charge < -0.3 is 0 Å². The van der Waals surface area contributed by atoms with Crippen LogP contribution in [0.1, 0.15) is 46.5 Å². The predicted molar refractivity (Wildman–Crippen MR) is 55.6 cm³/mol. The first-order valence-corrected chi connectivity index (χ1v) is 5.66. The maximum atomic E-state index is 3.73. The van der Waals surface area contributed by atoms with Gasteiger partial charge in [0, 0.05) is 18.6 Å². The molecule has 0 saturated carbocycles. The van der Waals surface area contributed by atoms with Gasteiger partial charge in [-0.05, 0) is 46.5 Å². The zero-order valence-electron chi connectivity index (χ0n) is 9.14. The van der Waals surface area contributed by atoms with Crippen molar-refractivity contribution < 1.29 is 0 Å². The summed E-state index contributed by atoms with van der Waals surface area (Å²) in [5.74, 6) is 0. The first-order chi connectivity index (χ1) is 6.12. The van der Waals surface area contributed by atoms with Crippen LogP contribution in [0.2, 0.25) is 0 Å². The van der Waals surface area contributed by atoms with Gasteiger partial charge in [0.1, 0.15) is 0 Å². The van der Waals surface area contributed by atoms with E-state index in [9.17, 15) is 0 Å². The summed E-state index contributed by atoms with van der Waals surface area (Å²) in [6.45, 7) is 8.32. The minimum Gasteiger partial charge on any atom is -0.297 e. The molecule has 3 atom stereocenters. The molecule has 2 heteroatoms. The maximum Gasteiger partial charge on any atom is 0.0688 e. The van der Waals surface area contributed by atoms with Gasteiger partial charge in [-0.3, -0.25) is 10.2 Å². The molecule has 0 aromatic heterocycles. The highest BCUT2D eigenvalue weighted by Crippen LogP contribution is 2.32. The van der Waals surface area contributed by atoms with Crippen molar-refractivity contribution >= 4 is 0 Å². The molecular weight excluding hydrogens is 160 g/mol. The van der Waals surface area contributed by atoms with E-state index >= 15 is 0 Å². The van der Waals surface area contributed by atoms with E-state index in [0.717, 1.165) is 6.04 Å². The first-order valence-electron chi connectivity index (χ1n) is 5.66. The number of hydrogen-bond donors (Lipinski definition) is 1. The molecule has 2 saturated heterocycles. The van der Waals surface area contributed by atoms with Gasteiger partial charge in [-0.25, -0.2) is 0 Å². The van der Waals surface area contributed by atoms with Gasteiger partial charge in [0.25, 0.3) is 0 Å². The molecule has 2 nitrogen and oxygen atoms in total. The summed E-state index contributed by atoms with van der Waals surface area (Å²) in [6, 6.07) is 1.49. The Morgan fingerprint density at radius 3 is 2.54 bits per heavy atom. The average molecular weight is 182 g/mol. The van der Waals surface area contributed by atoms with Gasteiger partial charge in [-0.1, -0.05) is 0 Å². The first kappa shape index (κ1) is 9.47. The summed E-state index contributed by atoms with van der Waals surface area (Å²) < 4.78 is 0. The number of rotatable bonds is 1. The fourth-order valence-corrected chi connectivity index (χ4v) is 3.07. The fourth-order valence-electron chi connectivity index (χ4n) is 3.07. The predicted octanol–water partition coefficient (Wildman–Crippen LogP) is 1.96. The third-order valence-electron chi connectivity index (χ3n) is 3.81. The summed E-state index contributed by atoms with van der Waals surface area (Å²) in [6.07, 6.45) is 5.41. The topological polar surface area (TPSA) is 15.3 Å². The molecule has 13 heavy (non-hydrogen) atoms. The minimum absolute atomic E-state index is 0.301. The zero-order valence-corrected chi connectivity index (χ0v) is 9.14. The molecule has 0 aromatic carbocycles. The fraction of sp³-hybridized carbons (Fsp3) is 1.00. The summed E-state index contributed by atoms with van der Waals surface area (Å²) in [5, 5.41) is 3.73. The van der Waals surface area contributed by atoms with E-state index in [2.05, 4.69) is 31.0 Å². The van der Waals surface area contributed by atoms with E-state index in [-0.39, 0.29) is 0 Å².